The second-order valence-electron chi connectivity index (χ2n) is 3.48. The Morgan fingerprint density at radius 1 is 1.38 bits per heavy atom. The molecule has 0 saturated heterocycles. The Labute approximate surface area is 94.3 Å². The summed E-state index contributed by atoms with van der Waals surface area (Å²) < 4.78 is 5.63. The Balaban J connectivity index is 2.60. The van der Waals surface area contributed by atoms with E-state index >= 15 is 0 Å². The zero-order valence-corrected chi connectivity index (χ0v) is 9.10. The van der Waals surface area contributed by atoms with Crippen LogP contribution in [0.3, 0.4) is 0 Å². The van der Waals surface area contributed by atoms with Crippen LogP contribution in [0, 0.1) is 11.3 Å². The molecule has 2 aromatic rings. The van der Waals surface area contributed by atoms with E-state index in [4.69, 9.17) is 10.00 Å². The quantitative estimate of drug-likeness (QED) is 0.785. The first-order chi connectivity index (χ1) is 7.86. The molecular formula is C13H12N2O. The molecule has 1 aromatic carbocycles. The Morgan fingerprint density at radius 3 is 2.94 bits per heavy atom. The molecule has 0 amide bonds. The Bertz CT molecular complexity index is 543. The van der Waals surface area contributed by atoms with Crippen LogP contribution in [0.1, 0.15) is 18.9 Å². The highest BCUT2D eigenvalue weighted by Gasteiger charge is 2.08. The van der Waals surface area contributed by atoms with Crippen LogP contribution in [0.25, 0.3) is 10.9 Å². The molecule has 0 bridgehead atoms. The van der Waals surface area contributed by atoms with Gasteiger partial charge in [-0.1, -0.05) is 19.1 Å². The van der Waals surface area contributed by atoms with Crippen molar-refractivity contribution in [3.8, 4) is 11.8 Å². The van der Waals surface area contributed by atoms with Crippen molar-refractivity contribution in [1.82, 2.24) is 4.98 Å². The highest BCUT2D eigenvalue weighted by atomic mass is 16.5. The molecule has 0 atom stereocenters. The van der Waals surface area contributed by atoms with Gasteiger partial charge >= 0.3 is 0 Å². The number of benzene rings is 1. The number of nitrogens with zero attached hydrogens (tertiary/aromatic N) is 2. The van der Waals surface area contributed by atoms with Crippen LogP contribution in [0.4, 0.5) is 0 Å². The maximum Gasteiger partial charge on any atom is 0.148 e. The van der Waals surface area contributed by atoms with E-state index in [2.05, 4.69) is 11.1 Å². The first-order valence-corrected chi connectivity index (χ1v) is 5.27. The van der Waals surface area contributed by atoms with Crippen molar-refractivity contribution >= 4 is 10.9 Å². The minimum atomic E-state index is 0.493. The Morgan fingerprint density at radius 2 is 2.19 bits per heavy atom. The summed E-state index contributed by atoms with van der Waals surface area (Å²) >= 11 is 0. The standard InChI is InChI=1S/C13H12N2O/c1-2-7-16-13-10(8-14)9-15-12-6-4-3-5-11(12)13/h3-6,9H,2,7H2,1H3. The molecule has 1 aromatic heterocycles. The fourth-order valence-corrected chi connectivity index (χ4v) is 1.56. The van der Waals surface area contributed by atoms with Gasteiger partial charge in [0.25, 0.3) is 0 Å². The number of para-hydroxylation sites is 1. The van der Waals surface area contributed by atoms with E-state index in [1.165, 1.54) is 0 Å². The highest BCUT2D eigenvalue weighted by molar-refractivity contribution is 5.86. The third-order valence-electron chi connectivity index (χ3n) is 2.30. The average Bonchev–Trinajstić information content (AvgIpc) is 2.35. The van der Waals surface area contributed by atoms with Crippen LogP contribution in [0.5, 0.6) is 5.75 Å². The SMILES string of the molecule is CCCOc1c(C#N)cnc2ccccc12. The van der Waals surface area contributed by atoms with E-state index in [1.807, 2.05) is 31.2 Å². The molecule has 3 heteroatoms. The normalized spacial score (nSPS) is 10.0. The molecule has 0 N–H and O–H groups in total. The lowest BCUT2D eigenvalue weighted by atomic mass is 10.1. The monoisotopic (exact) mass is 212 g/mol. The van der Waals surface area contributed by atoms with Crippen molar-refractivity contribution in [3.63, 3.8) is 0 Å². The van der Waals surface area contributed by atoms with E-state index in [9.17, 15) is 0 Å². The molecule has 80 valence electrons. The van der Waals surface area contributed by atoms with Gasteiger partial charge < -0.3 is 4.74 Å². The van der Waals surface area contributed by atoms with Crippen LogP contribution in [0.15, 0.2) is 30.5 Å². The Hall–Kier alpha value is -2.08. The van der Waals surface area contributed by atoms with Crippen molar-refractivity contribution in [2.24, 2.45) is 0 Å². The number of nitriles is 1. The second-order valence-corrected chi connectivity index (χ2v) is 3.48. The van der Waals surface area contributed by atoms with E-state index in [0.29, 0.717) is 17.9 Å². The lowest BCUT2D eigenvalue weighted by molar-refractivity contribution is 0.320. The topological polar surface area (TPSA) is 45.9 Å². The zero-order chi connectivity index (χ0) is 11.4. The van der Waals surface area contributed by atoms with Crippen molar-refractivity contribution < 1.29 is 4.74 Å². The molecule has 3 nitrogen and oxygen atoms in total. The summed E-state index contributed by atoms with van der Waals surface area (Å²) in [5.74, 6) is 0.648. The number of aromatic nitrogens is 1. The van der Waals surface area contributed by atoms with E-state index < -0.39 is 0 Å². The maximum absolute atomic E-state index is 9.01. The fourth-order valence-electron chi connectivity index (χ4n) is 1.56. The first-order valence-electron chi connectivity index (χ1n) is 5.27. The van der Waals surface area contributed by atoms with Gasteiger partial charge in [0, 0.05) is 11.6 Å². The largest absolute Gasteiger partial charge is 0.491 e. The zero-order valence-electron chi connectivity index (χ0n) is 9.10. The number of rotatable bonds is 3. The summed E-state index contributed by atoms with van der Waals surface area (Å²) in [7, 11) is 0. The Kier molecular flexibility index (Phi) is 3.02. The molecule has 16 heavy (non-hydrogen) atoms. The first kappa shape index (κ1) is 10.4. The number of hydrogen-bond acceptors (Lipinski definition) is 3. The van der Waals surface area contributed by atoms with Gasteiger partial charge in [-0.05, 0) is 18.6 Å². The molecular weight excluding hydrogens is 200 g/mol. The number of hydrogen-bond donors (Lipinski definition) is 0. The molecule has 0 aliphatic rings. The summed E-state index contributed by atoms with van der Waals surface area (Å²) in [6, 6.07) is 9.79. The summed E-state index contributed by atoms with van der Waals surface area (Å²) in [6.45, 7) is 2.65. The van der Waals surface area contributed by atoms with Gasteiger partial charge in [0.1, 0.15) is 17.4 Å². The number of ether oxygens (including phenoxy) is 1. The minimum Gasteiger partial charge on any atom is -0.491 e. The number of fused-ring (bicyclic) bond motifs is 1. The lowest BCUT2D eigenvalue weighted by Gasteiger charge is -2.09. The average molecular weight is 212 g/mol. The molecule has 0 aliphatic heterocycles. The maximum atomic E-state index is 9.01. The molecule has 0 spiro atoms. The van der Waals surface area contributed by atoms with Crippen LogP contribution in [-0.2, 0) is 0 Å². The summed E-state index contributed by atoms with van der Waals surface area (Å²) in [5.41, 5.74) is 1.35. The summed E-state index contributed by atoms with van der Waals surface area (Å²) in [6.07, 6.45) is 2.48. The van der Waals surface area contributed by atoms with Gasteiger partial charge in [-0.25, -0.2) is 0 Å². The molecule has 0 saturated carbocycles. The smallest absolute Gasteiger partial charge is 0.148 e. The number of pyridine rings is 1. The third kappa shape index (κ3) is 1.82. The predicted octanol–water partition coefficient (Wildman–Crippen LogP) is 2.90. The molecule has 0 aliphatic carbocycles. The van der Waals surface area contributed by atoms with Crippen LogP contribution in [0.2, 0.25) is 0 Å². The fraction of sp³-hybridized carbons (Fsp3) is 0.231. The third-order valence-corrected chi connectivity index (χ3v) is 2.30. The molecule has 2 rings (SSSR count). The van der Waals surface area contributed by atoms with Gasteiger partial charge in [-0.3, -0.25) is 4.98 Å². The van der Waals surface area contributed by atoms with E-state index in [0.717, 1.165) is 17.3 Å². The van der Waals surface area contributed by atoms with Crippen LogP contribution >= 0.6 is 0 Å². The van der Waals surface area contributed by atoms with Gasteiger partial charge in [0.05, 0.1) is 12.1 Å². The predicted molar refractivity (Wildman–Crippen MR) is 62.2 cm³/mol. The van der Waals surface area contributed by atoms with E-state index in [-0.39, 0.29) is 0 Å². The van der Waals surface area contributed by atoms with Crippen molar-refractivity contribution in [3.05, 3.63) is 36.0 Å². The van der Waals surface area contributed by atoms with Gasteiger partial charge in [0.2, 0.25) is 0 Å². The van der Waals surface area contributed by atoms with Gasteiger partial charge in [0.15, 0.2) is 0 Å². The molecule has 0 radical (unpaired) electrons. The van der Waals surface area contributed by atoms with Gasteiger partial charge in [-0.2, -0.15) is 5.26 Å². The highest BCUT2D eigenvalue weighted by Crippen LogP contribution is 2.27. The molecule has 1 heterocycles. The van der Waals surface area contributed by atoms with Crippen molar-refractivity contribution in [1.29, 1.82) is 5.26 Å². The minimum absolute atomic E-state index is 0.493. The van der Waals surface area contributed by atoms with Crippen LogP contribution < -0.4 is 4.74 Å². The second kappa shape index (κ2) is 4.63. The van der Waals surface area contributed by atoms with Crippen molar-refractivity contribution in [2.75, 3.05) is 6.61 Å². The summed E-state index contributed by atoms with van der Waals surface area (Å²) in [5, 5.41) is 9.91. The van der Waals surface area contributed by atoms with Gasteiger partial charge in [-0.15, -0.1) is 0 Å². The molecule has 0 fully saturated rings. The van der Waals surface area contributed by atoms with E-state index in [1.54, 1.807) is 6.20 Å². The molecule has 0 unspecified atom stereocenters. The summed E-state index contributed by atoms with van der Waals surface area (Å²) in [4.78, 5) is 4.22. The lowest BCUT2D eigenvalue weighted by Crippen LogP contribution is -1.99. The van der Waals surface area contributed by atoms with Crippen LogP contribution in [-0.4, -0.2) is 11.6 Å². The van der Waals surface area contributed by atoms with Crippen molar-refractivity contribution in [2.45, 2.75) is 13.3 Å².